The Morgan fingerprint density at radius 2 is 1.89 bits per heavy atom. The van der Waals surface area contributed by atoms with Crippen LogP contribution in [0.15, 0.2) is 18.2 Å². The Hall–Kier alpha value is -1.09. The maximum Gasteiger partial charge on any atom is 0.165 e. The minimum Gasteiger partial charge on any atom is -0.494 e. The van der Waals surface area contributed by atoms with E-state index in [1.54, 1.807) is 12.1 Å². The molecule has 0 amide bonds. The first-order chi connectivity index (χ1) is 8.72. The second-order valence-corrected chi connectivity index (χ2v) is 5.17. The zero-order valence-electron chi connectivity index (χ0n) is 11.0. The second kappa shape index (κ2) is 6.19. The molecule has 0 bridgehead atoms. The van der Waals surface area contributed by atoms with Crippen molar-refractivity contribution in [2.45, 2.75) is 44.6 Å². The second-order valence-electron chi connectivity index (χ2n) is 5.17. The Kier molecular flexibility index (Phi) is 4.59. The molecule has 0 saturated heterocycles. The number of methoxy groups -OCH3 is 1. The van der Waals surface area contributed by atoms with Gasteiger partial charge in [0.2, 0.25) is 0 Å². The molecule has 0 heterocycles. The average molecular weight is 251 g/mol. The Labute approximate surface area is 108 Å². The molecule has 1 aromatic carbocycles. The molecule has 2 nitrogen and oxygen atoms in total. The quantitative estimate of drug-likeness (QED) is 0.829. The highest BCUT2D eigenvalue weighted by Crippen LogP contribution is 2.33. The van der Waals surface area contributed by atoms with Crippen LogP contribution in [-0.2, 0) is 0 Å². The van der Waals surface area contributed by atoms with E-state index in [2.05, 4.69) is 0 Å². The largest absolute Gasteiger partial charge is 0.494 e. The summed E-state index contributed by atoms with van der Waals surface area (Å²) in [7, 11) is 1.49. The highest BCUT2D eigenvalue weighted by atomic mass is 19.1. The summed E-state index contributed by atoms with van der Waals surface area (Å²) in [6, 6.07) is 4.97. The molecule has 0 aliphatic heterocycles. The van der Waals surface area contributed by atoms with Gasteiger partial charge in [-0.1, -0.05) is 31.7 Å². The predicted octanol–water partition coefficient (Wildman–Crippen LogP) is 3.80. The first-order valence-corrected chi connectivity index (χ1v) is 6.81. The van der Waals surface area contributed by atoms with Crippen molar-refractivity contribution < 1.29 is 9.13 Å². The van der Waals surface area contributed by atoms with E-state index in [0.29, 0.717) is 5.92 Å². The number of ether oxygens (including phenoxy) is 1. The summed E-state index contributed by atoms with van der Waals surface area (Å²) >= 11 is 0. The van der Waals surface area contributed by atoms with Gasteiger partial charge in [0.15, 0.2) is 11.6 Å². The summed E-state index contributed by atoms with van der Waals surface area (Å²) in [5, 5.41) is 0. The Balaban J connectivity index is 2.13. The Bertz CT molecular complexity index is 386. The van der Waals surface area contributed by atoms with Crippen molar-refractivity contribution in [3.8, 4) is 5.75 Å². The fourth-order valence-electron chi connectivity index (χ4n) is 2.83. The molecule has 2 rings (SSSR count). The maximum absolute atomic E-state index is 13.4. The normalized spacial score (nSPS) is 19.3. The molecule has 1 atom stereocenters. The molecule has 3 heteroatoms. The van der Waals surface area contributed by atoms with Crippen LogP contribution in [0.3, 0.4) is 0 Å². The van der Waals surface area contributed by atoms with Crippen LogP contribution < -0.4 is 10.5 Å². The van der Waals surface area contributed by atoms with E-state index < -0.39 is 0 Å². The van der Waals surface area contributed by atoms with E-state index in [0.717, 1.165) is 5.56 Å². The average Bonchev–Trinajstić information content (AvgIpc) is 2.67. The van der Waals surface area contributed by atoms with Gasteiger partial charge in [-0.25, -0.2) is 4.39 Å². The van der Waals surface area contributed by atoms with Gasteiger partial charge in [0.25, 0.3) is 0 Å². The zero-order chi connectivity index (χ0) is 13.0. The summed E-state index contributed by atoms with van der Waals surface area (Å²) in [4.78, 5) is 0. The Morgan fingerprint density at radius 3 is 2.50 bits per heavy atom. The third kappa shape index (κ3) is 3.02. The van der Waals surface area contributed by atoms with Gasteiger partial charge in [-0.15, -0.1) is 0 Å². The standard InChI is InChI=1S/C15H22FNO/c1-18-14-10-12(8-9-13(14)16)15(17)11-6-4-2-3-5-7-11/h8-11,15H,2-7,17H2,1H3. The first-order valence-electron chi connectivity index (χ1n) is 6.81. The highest BCUT2D eigenvalue weighted by molar-refractivity contribution is 5.32. The fourth-order valence-corrected chi connectivity index (χ4v) is 2.83. The van der Waals surface area contributed by atoms with Gasteiger partial charge in [-0.05, 0) is 36.5 Å². The molecule has 0 aromatic heterocycles. The van der Waals surface area contributed by atoms with Gasteiger partial charge in [0.1, 0.15) is 0 Å². The SMILES string of the molecule is COc1cc(C(N)C2CCCCCC2)ccc1F. The van der Waals surface area contributed by atoms with Crippen molar-refractivity contribution in [2.24, 2.45) is 11.7 Å². The molecule has 1 unspecified atom stereocenters. The van der Waals surface area contributed by atoms with Crippen LogP contribution >= 0.6 is 0 Å². The minimum absolute atomic E-state index is 0.00222. The number of hydrogen-bond donors (Lipinski definition) is 1. The van der Waals surface area contributed by atoms with Gasteiger partial charge in [-0.2, -0.15) is 0 Å². The molecule has 1 fully saturated rings. The lowest BCUT2D eigenvalue weighted by molar-refractivity contribution is 0.371. The van der Waals surface area contributed by atoms with Crippen LogP contribution in [-0.4, -0.2) is 7.11 Å². The van der Waals surface area contributed by atoms with Crippen LogP contribution in [0.25, 0.3) is 0 Å². The van der Waals surface area contributed by atoms with Gasteiger partial charge in [0, 0.05) is 6.04 Å². The van der Waals surface area contributed by atoms with E-state index in [1.165, 1.54) is 51.7 Å². The van der Waals surface area contributed by atoms with E-state index >= 15 is 0 Å². The molecule has 1 saturated carbocycles. The van der Waals surface area contributed by atoms with Crippen molar-refractivity contribution in [1.29, 1.82) is 0 Å². The number of nitrogens with two attached hydrogens (primary N) is 1. The van der Waals surface area contributed by atoms with Crippen molar-refractivity contribution in [1.82, 2.24) is 0 Å². The van der Waals surface area contributed by atoms with Crippen LogP contribution in [0.5, 0.6) is 5.75 Å². The number of rotatable bonds is 3. The van der Waals surface area contributed by atoms with Crippen LogP contribution in [0.1, 0.15) is 50.1 Å². The van der Waals surface area contributed by atoms with Gasteiger partial charge < -0.3 is 10.5 Å². The van der Waals surface area contributed by atoms with E-state index in [4.69, 9.17) is 10.5 Å². The van der Waals surface area contributed by atoms with E-state index in [1.807, 2.05) is 0 Å². The molecular weight excluding hydrogens is 229 g/mol. The van der Waals surface area contributed by atoms with Crippen molar-refractivity contribution in [2.75, 3.05) is 7.11 Å². The lowest BCUT2D eigenvalue weighted by Crippen LogP contribution is -2.21. The Morgan fingerprint density at radius 1 is 1.22 bits per heavy atom. The summed E-state index contributed by atoms with van der Waals surface area (Å²) in [6.07, 6.45) is 7.51. The number of halogens is 1. The molecule has 1 aliphatic carbocycles. The molecule has 0 spiro atoms. The molecule has 18 heavy (non-hydrogen) atoms. The first kappa shape index (κ1) is 13.3. The van der Waals surface area contributed by atoms with Crippen molar-refractivity contribution in [3.05, 3.63) is 29.6 Å². The summed E-state index contributed by atoms with van der Waals surface area (Å²) in [5.74, 6) is 0.480. The molecule has 1 aromatic rings. The zero-order valence-corrected chi connectivity index (χ0v) is 11.0. The predicted molar refractivity (Wildman–Crippen MR) is 71.1 cm³/mol. The third-order valence-corrected chi connectivity index (χ3v) is 3.97. The van der Waals surface area contributed by atoms with Crippen LogP contribution in [0.2, 0.25) is 0 Å². The maximum atomic E-state index is 13.4. The van der Waals surface area contributed by atoms with Crippen molar-refractivity contribution >= 4 is 0 Å². The van der Waals surface area contributed by atoms with Gasteiger partial charge >= 0.3 is 0 Å². The lowest BCUT2D eigenvalue weighted by Gasteiger charge is -2.23. The smallest absolute Gasteiger partial charge is 0.165 e. The third-order valence-electron chi connectivity index (χ3n) is 3.97. The van der Waals surface area contributed by atoms with Crippen molar-refractivity contribution in [3.63, 3.8) is 0 Å². The number of benzene rings is 1. The molecule has 1 aliphatic rings. The fraction of sp³-hybridized carbons (Fsp3) is 0.600. The lowest BCUT2D eigenvalue weighted by atomic mass is 9.88. The molecule has 0 radical (unpaired) electrons. The molecule has 100 valence electrons. The highest BCUT2D eigenvalue weighted by Gasteiger charge is 2.21. The molecular formula is C15H22FNO. The minimum atomic E-state index is -0.325. The van der Waals surface area contributed by atoms with Gasteiger partial charge in [-0.3, -0.25) is 0 Å². The summed E-state index contributed by atoms with van der Waals surface area (Å²) in [5.41, 5.74) is 7.32. The van der Waals surface area contributed by atoms with E-state index in [9.17, 15) is 4.39 Å². The van der Waals surface area contributed by atoms with Crippen LogP contribution in [0, 0.1) is 11.7 Å². The monoisotopic (exact) mass is 251 g/mol. The summed E-state index contributed by atoms with van der Waals surface area (Å²) < 4.78 is 18.4. The van der Waals surface area contributed by atoms with E-state index in [-0.39, 0.29) is 17.6 Å². The molecule has 2 N–H and O–H groups in total. The summed E-state index contributed by atoms with van der Waals surface area (Å²) in [6.45, 7) is 0. The van der Waals surface area contributed by atoms with Gasteiger partial charge in [0.05, 0.1) is 7.11 Å². The number of hydrogen-bond acceptors (Lipinski definition) is 2. The topological polar surface area (TPSA) is 35.2 Å². The van der Waals surface area contributed by atoms with Crippen LogP contribution in [0.4, 0.5) is 4.39 Å².